The molecule has 4 nitrogen and oxygen atoms in total. The van der Waals surface area contributed by atoms with Crippen LogP contribution < -0.4 is 5.32 Å². The van der Waals surface area contributed by atoms with Crippen LogP contribution >= 0.6 is 0 Å². The normalized spacial score (nSPS) is 10.1. The first-order chi connectivity index (χ1) is 7.75. The van der Waals surface area contributed by atoms with Gasteiger partial charge in [0.25, 0.3) is 0 Å². The molecule has 0 aliphatic heterocycles. The molecule has 2 rings (SSSR count). The molecule has 0 unspecified atom stereocenters. The van der Waals surface area contributed by atoms with Gasteiger partial charge in [-0.3, -0.25) is 9.97 Å². The number of hydrogen-bond donors (Lipinski definition) is 1. The standard InChI is InChI=1S/C12H14N4/c1-9-10(2)16-12(8-14-9)15-7-11-5-3-4-6-13-11/h3-6,8H,7H2,1-2H3,(H,15,16). The second-order valence-corrected chi connectivity index (χ2v) is 3.60. The van der Waals surface area contributed by atoms with Crippen molar-refractivity contribution in [2.24, 2.45) is 0 Å². The highest BCUT2D eigenvalue weighted by molar-refractivity contribution is 5.33. The first kappa shape index (κ1) is 10.5. The van der Waals surface area contributed by atoms with Crippen molar-refractivity contribution in [1.82, 2.24) is 15.0 Å². The van der Waals surface area contributed by atoms with Crippen molar-refractivity contribution in [2.75, 3.05) is 5.32 Å². The fourth-order valence-electron chi connectivity index (χ4n) is 1.31. The predicted octanol–water partition coefficient (Wildman–Crippen LogP) is 2.10. The van der Waals surface area contributed by atoms with Gasteiger partial charge in [-0.05, 0) is 26.0 Å². The SMILES string of the molecule is Cc1ncc(NCc2ccccn2)nc1C. The lowest BCUT2D eigenvalue weighted by Crippen LogP contribution is -2.04. The molecule has 0 radical (unpaired) electrons. The van der Waals surface area contributed by atoms with Gasteiger partial charge in [-0.2, -0.15) is 0 Å². The van der Waals surface area contributed by atoms with Crippen molar-refractivity contribution < 1.29 is 0 Å². The number of nitrogens with one attached hydrogen (secondary N) is 1. The summed E-state index contributed by atoms with van der Waals surface area (Å²) in [5.74, 6) is 0.786. The Kier molecular flexibility index (Phi) is 3.10. The van der Waals surface area contributed by atoms with E-state index in [1.54, 1.807) is 12.4 Å². The van der Waals surface area contributed by atoms with E-state index in [0.717, 1.165) is 22.9 Å². The molecule has 0 saturated heterocycles. The molecule has 0 aliphatic rings. The third kappa shape index (κ3) is 2.53. The van der Waals surface area contributed by atoms with E-state index in [2.05, 4.69) is 20.3 Å². The smallest absolute Gasteiger partial charge is 0.145 e. The molecular formula is C12H14N4. The zero-order valence-corrected chi connectivity index (χ0v) is 9.44. The maximum atomic E-state index is 4.39. The zero-order valence-electron chi connectivity index (χ0n) is 9.44. The van der Waals surface area contributed by atoms with Crippen LogP contribution in [0, 0.1) is 13.8 Å². The predicted molar refractivity (Wildman–Crippen MR) is 63.1 cm³/mol. The lowest BCUT2D eigenvalue weighted by Gasteiger charge is -2.06. The van der Waals surface area contributed by atoms with Crippen molar-refractivity contribution in [3.05, 3.63) is 47.7 Å². The third-order valence-corrected chi connectivity index (χ3v) is 2.37. The van der Waals surface area contributed by atoms with Gasteiger partial charge >= 0.3 is 0 Å². The second kappa shape index (κ2) is 4.70. The lowest BCUT2D eigenvalue weighted by molar-refractivity contribution is 0.990. The van der Waals surface area contributed by atoms with Crippen LogP contribution in [0.1, 0.15) is 17.1 Å². The molecular weight excluding hydrogens is 200 g/mol. The molecule has 0 saturated carbocycles. The number of anilines is 1. The van der Waals surface area contributed by atoms with Crippen LogP contribution in [0.3, 0.4) is 0 Å². The molecule has 82 valence electrons. The molecule has 0 fully saturated rings. The minimum absolute atomic E-state index is 0.665. The highest BCUT2D eigenvalue weighted by atomic mass is 15.0. The highest BCUT2D eigenvalue weighted by Crippen LogP contribution is 2.06. The van der Waals surface area contributed by atoms with E-state index in [4.69, 9.17) is 0 Å². The molecule has 0 spiro atoms. The summed E-state index contributed by atoms with van der Waals surface area (Å²) in [4.78, 5) is 12.9. The number of aromatic nitrogens is 3. The summed E-state index contributed by atoms with van der Waals surface area (Å²) in [5.41, 5.74) is 2.90. The Morgan fingerprint density at radius 3 is 2.69 bits per heavy atom. The summed E-state index contributed by atoms with van der Waals surface area (Å²) in [7, 11) is 0. The summed E-state index contributed by atoms with van der Waals surface area (Å²) in [6.45, 7) is 4.57. The van der Waals surface area contributed by atoms with Crippen LogP contribution in [0.4, 0.5) is 5.82 Å². The number of hydrogen-bond acceptors (Lipinski definition) is 4. The summed E-state index contributed by atoms with van der Waals surface area (Å²) in [6.07, 6.45) is 3.52. The van der Waals surface area contributed by atoms with Crippen molar-refractivity contribution in [2.45, 2.75) is 20.4 Å². The van der Waals surface area contributed by atoms with E-state index in [1.807, 2.05) is 32.0 Å². The van der Waals surface area contributed by atoms with Crippen molar-refractivity contribution in [3.63, 3.8) is 0 Å². The Bertz CT molecular complexity index is 468. The van der Waals surface area contributed by atoms with Crippen LogP contribution in [0.25, 0.3) is 0 Å². The Morgan fingerprint density at radius 2 is 2.00 bits per heavy atom. The first-order valence-electron chi connectivity index (χ1n) is 5.20. The van der Waals surface area contributed by atoms with E-state index in [1.165, 1.54) is 0 Å². The van der Waals surface area contributed by atoms with Crippen molar-refractivity contribution in [1.29, 1.82) is 0 Å². The second-order valence-electron chi connectivity index (χ2n) is 3.60. The first-order valence-corrected chi connectivity index (χ1v) is 5.20. The maximum absolute atomic E-state index is 4.39. The third-order valence-electron chi connectivity index (χ3n) is 2.37. The molecule has 2 aromatic heterocycles. The van der Waals surface area contributed by atoms with Gasteiger partial charge in [0, 0.05) is 6.20 Å². The van der Waals surface area contributed by atoms with E-state index in [-0.39, 0.29) is 0 Å². The fraction of sp³-hybridized carbons (Fsp3) is 0.250. The van der Waals surface area contributed by atoms with Crippen molar-refractivity contribution in [3.8, 4) is 0 Å². The molecule has 2 aromatic rings. The average Bonchev–Trinajstić information content (AvgIpc) is 2.32. The van der Waals surface area contributed by atoms with E-state index in [9.17, 15) is 0 Å². The number of pyridine rings is 1. The Morgan fingerprint density at radius 1 is 1.12 bits per heavy atom. The molecule has 0 aliphatic carbocycles. The van der Waals surface area contributed by atoms with Gasteiger partial charge in [0.1, 0.15) is 5.82 Å². The highest BCUT2D eigenvalue weighted by Gasteiger charge is 1.99. The Balaban J connectivity index is 2.03. The zero-order chi connectivity index (χ0) is 11.4. The Labute approximate surface area is 94.8 Å². The van der Waals surface area contributed by atoms with Crippen LogP contribution in [0.5, 0.6) is 0 Å². The lowest BCUT2D eigenvalue weighted by atomic mass is 10.3. The fourth-order valence-corrected chi connectivity index (χ4v) is 1.31. The summed E-state index contributed by atoms with van der Waals surface area (Å²) >= 11 is 0. The summed E-state index contributed by atoms with van der Waals surface area (Å²) in [5, 5.41) is 3.19. The van der Waals surface area contributed by atoms with E-state index < -0.39 is 0 Å². The Hall–Kier alpha value is -1.97. The van der Waals surface area contributed by atoms with Gasteiger partial charge < -0.3 is 5.32 Å². The maximum Gasteiger partial charge on any atom is 0.145 e. The van der Waals surface area contributed by atoms with Crippen LogP contribution in [-0.2, 0) is 6.54 Å². The van der Waals surface area contributed by atoms with Crippen LogP contribution in [0.2, 0.25) is 0 Å². The summed E-state index contributed by atoms with van der Waals surface area (Å²) < 4.78 is 0. The number of aryl methyl sites for hydroxylation is 2. The van der Waals surface area contributed by atoms with E-state index in [0.29, 0.717) is 6.54 Å². The number of rotatable bonds is 3. The molecule has 4 heteroatoms. The quantitative estimate of drug-likeness (QED) is 0.850. The molecule has 0 bridgehead atoms. The van der Waals surface area contributed by atoms with Gasteiger partial charge in [-0.15, -0.1) is 0 Å². The van der Waals surface area contributed by atoms with Gasteiger partial charge in [-0.1, -0.05) is 6.07 Å². The number of nitrogens with zero attached hydrogens (tertiary/aromatic N) is 3. The largest absolute Gasteiger partial charge is 0.363 e. The van der Waals surface area contributed by atoms with E-state index >= 15 is 0 Å². The molecule has 0 amide bonds. The van der Waals surface area contributed by atoms with Gasteiger partial charge in [0.2, 0.25) is 0 Å². The van der Waals surface area contributed by atoms with Crippen molar-refractivity contribution >= 4 is 5.82 Å². The van der Waals surface area contributed by atoms with Gasteiger partial charge in [-0.25, -0.2) is 4.98 Å². The summed E-state index contributed by atoms with van der Waals surface area (Å²) in [6, 6.07) is 5.84. The van der Waals surface area contributed by atoms with Gasteiger partial charge in [0.15, 0.2) is 0 Å². The van der Waals surface area contributed by atoms with Crippen LogP contribution in [0.15, 0.2) is 30.6 Å². The monoisotopic (exact) mass is 214 g/mol. The minimum Gasteiger partial charge on any atom is -0.363 e. The van der Waals surface area contributed by atoms with Crippen LogP contribution in [-0.4, -0.2) is 15.0 Å². The molecule has 2 heterocycles. The molecule has 1 N–H and O–H groups in total. The molecule has 16 heavy (non-hydrogen) atoms. The molecule has 0 aromatic carbocycles. The molecule has 0 atom stereocenters. The minimum atomic E-state index is 0.665. The average molecular weight is 214 g/mol. The van der Waals surface area contributed by atoms with Gasteiger partial charge in [0.05, 0.1) is 29.8 Å². The topological polar surface area (TPSA) is 50.7 Å².